The van der Waals surface area contributed by atoms with Crippen LogP contribution >= 0.6 is 0 Å². The van der Waals surface area contributed by atoms with Crippen molar-refractivity contribution < 1.29 is 19.4 Å². The number of esters is 1. The van der Waals surface area contributed by atoms with E-state index in [1.54, 1.807) is 0 Å². The number of aliphatic hydroxyl groups excluding tert-OH is 1. The Bertz CT molecular complexity index is 820. The van der Waals surface area contributed by atoms with Crippen molar-refractivity contribution in [3.05, 3.63) is 29.3 Å². The fraction of sp³-hybridized carbons (Fsp3) is 0.714. The van der Waals surface area contributed by atoms with Gasteiger partial charge in [-0.1, -0.05) is 85.1 Å². The third-order valence-electron chi connectivity index (χ3n) is 8.13. The normalized spacial score (nSPS) is 25.8. The Hall–Kier alpha value is -1.88. The minimum Gasteiger partial charge on any atom is -0.427 e. The van der Waals surface area contributed by atoms with Crippen LogP contribution < -0.4 is 10.1 Å². The zero-order valence-corrected chi connectivity index (χ0v) is 21.0. The van der Waals surface area contributed by atoms with E-state index in [4.69, 9.17) is 4.74 Å². The Kier molecular flexibility index (Phi) is 8.97. The molecule has 3 rings (SSSR count). The van der Waals surface area contributed by atoms with Crippen molar-refractivity contribution in [2.45, 2.75) is 109 Å². The number of ether oxygens (including phenoxy) is 1. The highest BCUT2D eigenvalue weighted by Gasteiger charge is 2.59. The van der Waals surface area contributed by atoms with Gasteiger partial charge >= 0.3 is 5.97 Å². The second-order valence-corrected chi connectivity index (χ2v) is 10.5. The van der Waals surface area contributed by atoms with Crippen LogP contribution in [0.4, 0.5) is 0 Å². The van der Waals surface area contributed by atoms with Gasteiger partial charge in [-0.3, -0.25) is 9.59 Å². The van der Waals surface area contributed by atoms with Crippen molar-refractivity contribution in [2.24, 2.45) is 11.8 Å². The molecule has 2 unspecified atom stereocenters. The fourth-order valence-corrected chi connectivity index (χ4v) is 5.91. The maximum Gasteiger partial charge on any atom is 0.311 e. The summed E-state index contributed by atoms with van der Waals surface area (Å²) in [4.78, 5) is 25.3. The SMILES string of the molecule is CCCCCCCCCCCC(=O)Oc1ccc2c(c1)[C@@](C)(C(C)C)C1C(=O)N[C@H](CO)C21. The molecule has 4 atom stereocenters. The van der Waals surface area contributed by atoms with E-state index >= 15 is 0 Å². The summed E-state index contributed by atoms with van der Waals surface area (Å²) in [5.74, 6) is 0.350. The second kappa shape index (κ2) is 11.5. The van der Waals surface area contributed by atoms with Gasteiger partial charge in [0.2, 0.25) is 5.91 Å². The summed E-state index contributed by atoms with van der Waals surface area (Å²) in [6.45, 7) is 8.56. The number of carbonyl (C=O) groups is 2. The van der Waals surface area contributed by atoms with Gasteiger partial charge in [-0.15, -0.1) is 0 Å². The summed E-state index contributed by atoms with van der Waals surface area (Å²) in [6.07, 6.45) is 11.4. The van der Waals surface area contributed by atoms with Gasteiger partial charge in [-0.2, -0.15) is 0 Å². The molecule has 2 aliphatic rings. The van der Waals surface area contributed by atoms with Crippen LogP contribution in [0.3, 0.4) is 0 Å². The van der Waals surface area contributed by atoms with E-state index in [0.717, 1.165) is 24.0 Å². The number of unbranched alkanes of at least 4 members (excludes halogenated alkanes) is 8. The molecule has 0 saturated carbocycles. The number of hydrogen-bond donors (Lipinski definition) is 2. The first-order valence-electron chi connectivity index (χ1n) is 13.1. The number of rotatable bonds is 13. The van der Waals surface area contributed by atoms with Crippen LogP contribution in [0.15, 0.2) is 18.2 Å². The van der Waals surface area contributed by atoms with Crippen molar-refractivity contribution in [2.75, 3.05) is 6.61 Å². The Morgan fingerprint density at radius 2 is 1.73 bits per heavy atom. The minimum atomic E-state index is -0.368. The van der Waals surface area contributed by atoms with Crippen LogP contribution in [0.5, 0.6) is 5.75 Å². The molecule has 1 aromatic carbocycles. The van der Waals surface area contributed by atoms with Crippen LogP contribution in [-0.4, -0.2) is 29.6 Å². The van der Waals surface area contributed by atoms with E-state index < -0.39 is 0 Å². The van der Waals surface area contributed by atoms with Gasteiger partial charge in [0.25, 0.3) is 0 Å². The standard InChI is InChI=1S/C28H43NO4/c1-5-6-7-8-9-10-11-12-13-14-24(31)33-20-15-16-21-22(17-20)28(4,19(2)3)26-25(21)23(18-30)29-27(26)32/h15-17,19,23,25-26,30H,5-14,18H2,1-4H3,(H,29,32)/t23-,25?,26?,28-/m1/s1. The molecule has 1 heterocycles. The van der Waals surface area contributed by atoms with Crippen molar-refractivity contribution in [1.29, 1.82) is 0 Å². The average Bonchev–Trinajstić information content (AvgIpc) is 3.26. The minimum absolute atomic E-state index is 0.00959. The van der Waals surface area contributed by atoms with Gasteiger partial charge in [-0.25, -0.2) is 0 Å². The third kappa shape index (κ3) is 5.45. The molecule has 1 amide bonds. The van der Waals surface area contributed by atoms with E-state index in [2.05, 4.69) is 33.0 Å². The topological polar surface area (TPSA) is 75.6 Å². The van der Waals surface area contributed by atoms with E-state index in [0.29, 0.717) is 12.2 Å². The first-order chi connectivity index (χ1) is 15.8. The van der Waals surface area contributed by atoms with Crippen molar-refractivity contribution in [3.63, 3.8) is 0 Å². The largest absolute Gasteiger partial charge is 0.427 e. The van der Waals surface area contributed by atoms with Gasteiger partial charge in [0.1, 0.15) is 5.75 Å². The van der Waals surface area contributed by atoms with Crippen LogP contribution in [-0.2, 0) is 15.0 Å². The average molecular weight is 458 g/mol. The Morgan fingerprint density at radius 1 is 1.09 bits per heavy atom. The number of aliphatic hydroxyl groups is 1. The lowest BCUT2D eigenvalue weighted by Crippen LogP contribution is -2.39. The van der Waals surface area contributed by atoms with Crippen LogP contribution in [0.1, 0.15) is 109 Å². The molecule has 184 valence electrons. The molecule has 1 aliphatic carbocycles. The maximum atomic E-state index is 12.8. The molecule has 5 heteroatoms. The lowest BCUT2D eigenvalue weighted by Gasteiger charge is -2.35. The van der Waals surface area contributed by atoms with Crippen LogP contribution in [0.2, 0.25) is 0 Å². The zero-order valence-electron chi connectivity index (χ0n) is 21.0. The summed E-state index contributed by atoms with van der Waals surface area (Å²) in [5, 5.41) is 12.8. The molecule has 5 nitrogen and oxygen atoms in total. The molecule has 1 fully saturated rings. The highest BCUT2D eigenvalue weighted by molar-refractivity contribution is 5.87. The first kappa shape index (κ1) is 25.7. The molecule has 0 spiro atoms. The number of hydrogen-bond acceptors (Lipinski definition) is 4. The number of nitrogens with one attached hydrogen (secondary N) is 1. The molecule has 1 saturated heterocycles. The Labute approximate surface area is 199 Å². The summed E-state index contributed by atoms with van der Waals surface area (Å²) >= 11 is 0. The van der Waals surface area contributed by atoms with Crippen molar-refractivity contribution in [1.82, 2.24) is 5.32 Å². The number of carbonyl (C=O) groups excluding carboxylic acids is 2. The summed E-state index contributed by atoms with van der Waals surface area (Å²) in [7, 11) is 0. The van der Waals surface area contributed by atoms with Crippen molar-refractivity contribution >= 4 is 11.9 Å². The summed E-state index contributed by atoms with van der Waals surface area (Å²) in [6, 6.07) is 5.53. The fourth-order valence-electron chi connectivity index (χ4n) is 5.91. The molecule has 0 radical (unpaired) electrons. The third-order valence-corrected chi connectivity index (χ3v) is 8.13. The molecule has 0 aromatic heterocycles. The Morgan fingerprint density at radius 3 is 2.33 bits per heavy atom. The molecule has 1 aliphatic heterocycles. The molecular weight excluding hydrogens is 414 g/mol. The number of fused-ring (bicyclic) bond motifs is 3. The quantitative estimate of drug-likeness (QED) is 0.229. The molecule has 2 N–H and O–H groups in total. The first-order valence-corrected chi connectivity index (χ1v) is 13.1. The Balaban J connectivity index is 1.57. The highest BCUT2D eigenvalue weighted by Crippen LogP contribution is 2.58. The van der Waals surface area contributed by atoms with Gasteiger partial charge in [0.15, 0.2) is 0 Å². The van der Waals surface area contributed by atoms with Gasteiger partial charge in [0.05, 0.1) is 18.6 Å². The lowest BCUT2D eigenvalue weighted by molar-refractivity contribution is -0.134. The predicted molar refractivity (Wildman–Crippen MR) is 131 cm³/mol. The number of benzene rings is 1. The van der Waals surface area contributed by atoms with Crippen LogP contribution in [0.25, 0.3) is 0 Å². The van der Waals surface area contributed by atoms with E-state index in [-0.39, 0.29) is 47.7 Å². The lowest BCUT2D eigenvalue weighted by atomic mass is 9.67. The van der Waals surface area contributed by atoms with Crippen LogP contribution in [0, 0.1) is 11.8 Å². The van der Waals surface area contributed by atoms with Gasteiger partial charge < -0.3 is 15.2 Å². The highest BCUT2D eigenvalue weighted by atomic mass is 16.5. The smallest absolute Gasteiger partial charge is 0.311 e. The molecule has 0 bridgehead atoms. The second-order valence-electron chi connectivity index (χ2n) is 10.5. The van der Waals surface area contributed by atoms with E-state index in [9.17, 15) is 14.7 Å². The molecule has 1 aromatic rings. The molecule has 33 heavy (non-hydrogen) atoms. The van der Waals surface area contributed by atoms with E-state index in [1.165, 1.54) is 44.9 Å². The van der Waals surface area contributed by atoms with Gasteiger partial charge in [0, 0.05) is 17.8 Å². The maximum absolute atomic E-state index is 12.8. The van der Waals surface area contributed by atoms with E-state index in [1.807, 2.05) is 18.2 Å². The summed E-state index contributed by atoms with van der Waals surface area (Å²) in [5.41, 5.74) is 1.80. The monoisotopic (exact) mass is 457 g/mol. The van der Waals surface area contributed by atoms with Gasteiger partial charge in [-0.05, 0) is 35.6 Å². The predicted octanol–water partition coefficient (Wildman–Crippen LogP) is 5.63. The zero-order chi connectivity index (χ0) is 24.0. The summed E-state index contributed by atoms with van der Waals surface area (Å²) < 4.78 is 5.70. The molecular formula is C28H43NO4. The van der Waals surface area contributed by atoms with Crippen molar-refractivity contribution in [3.8, 4) is 5.75 Å². The number of amides is 1.